The van der Waals surface area contributed by atoms with Gasteiger partial charge in [0.1, 0.15) is 0 Å². The Morgan fingerprint density at radius 3 is 2.30 bits per heavy atom. The summed E-state index contributed by atoms with van der Waals surface area (Å²) in [5.74, 6) is -0.0712. The monoisotopic (exact) mass is 265 g/mol. The number of carbonyl (C=O) groups is 1. The highest BCUT2D eigenvalue weighted by atomic mass is 16.1. The van der Waals surface area contributed by atoms with Crippen molar-refractivity contribution in [1.82, 2.24) is 0 Å². The molecule has 0 aliphatic carbocycles. The number of benzene rings is 2. The summed E-state index contributed by atoms with van der Waals surface area (Å²) in [5, 5.41) is 2.91. The molecule has 20 heavy (non-hydrogen) atoms. The van der Waals surface area contributed by atoms with Gasteiger partial charge in [-0.2, -0.15) is 0 Å². The molecule has 2 rings (SSSR count). The van der Waals surface area contributed by atoms with Crippen LogP contribution in [0.2, 0.25) is 0 Å². The average Bonchev–Trinajstić information content (AvgIpc) is 2.49. The minimum absolute atomic E-state index is 0.0712. The largest absolute Gasteiger partial charge is 0.322 e. The SMILES string of the molecule is CCc1ccc(NC(=O)C(C)=Cc2ccccc2)cc1. The molecule has 0 saturated heterocycles. The lowest BCUT2D eigenvalue weighted by Crippen LogP contribution is -2.12. The Hall–Kier alpha value is -2.35. The van der Waals surface area contributed by atoms with Gasteiger partial charge >= 0.3 is 0 Å². The second kappa shape index (κ2) is 6.71. The van der Waals surface area contributed by atoms with Gasteiger partial charge in [-0.25, -0.2) is 0 Å². The van der Waals surface area contributed by atoms with E-state index >= 15 is 0 Å². The topological polar surface area (TPSA) is 29.1 Å². The van der Waals surface area contributed by atoms with Gasteiger partial charge < -0.3 is 5.32 Å². The Labute approximate surface area is 120 Å². The zero-order chi connectivity index (χ0) is 14.4. The summed E-state index contributed by atoms with van der Waals surface area (Å²) < 4.78 is 0. The van der Waals surface area contributed by atoms with E-state index in [1.807, 2.05) is 67.6 Å². The first-order chi connectivity index (χ1) is 9.69. The standard InChI is InChI=1S/C18H19NO/c1-3-15-9-11-17(12-10-15)19-18(20)14(2)13-16-7-5-4-6-8-16/h4-13H,3H2,1-2H3,(H,19,20). The minimum atomic E-state index is -0.0712. The number of carbonyl (C=O) groups excluding carboxylic acids is 1. The number of nitrogens with one attached hydrogen (secondary N) is 1. The molecule has 0 aliphatic heterocycles. The normalized spacial score (nSPS) is 11.2. The van der Waals surface area contributed by atoms with Crippen molar-refractivity contribution < 1.29 is 4.79 Å². The molecular formula is C18H19NO. The van der Waals surface area contributed by atoms with Gasteiger partial charge in [0.05, 0.1) is 0 Å². The van der Waals surface area contributed by atoms with Crippen LogP contribution in [0.25, 0.3) is 6.08 Å². The average molecular weight is 265 g/mol. The zero-order valence-electron chi connectivity index (χ0n) is 11.9. The highest BCUT2D eigenvalue weighted by Crippen LogP contribution is 2.12. The van der Waals surface area contributed by atoms with E-state index in [9.17, 15) is 4.79 Å². The molecule has 0 saturated carbocycles. The first kappa shape index (κ1) is 14.1. The molecule has 0 aliphatic rings. The van der Waals surface area contributed by atoms with Crippen LogP contribution in [-0.4, -0.2) is 5.91 Å². The molecule has 0 atom stereocenters. The van der Waals surface area contributed by atoms with E-state index in [0.717, 1.165) is 17.7 Å². The molecule has 2 nitrogen and oxygen atoms in total. The van der Waals surface area contributed by atoms with Crippen LogP contribution in [0.15, 0.2) is 60.2 Å². The number of anilines is 1. The first-order valence-corrected chi connectivity index (χ1v) is 6.82. The second-order valence-electron chi connectivity index (χ2n) is 4.74. The molecule has 0 spiro atoms. The minimum Gasteiger partial charge on any atom is -0.322 e. The van der Waals surface area contributed by atoms with E-state index in [2.05, 4.69) is 12.2 Å². The molecule has 0 unspecified atom stereocenters. The van der Waals surface area contributed by atoms with Gasteiger partial charge in [0.15, 0.2) is 0 Å². The summed E-state index contributed by atoms with van der Waals surface area (Å²) in [7, 11) is 0. The maximum Gasteiger partial charge on any atom is 0.251 e. The highest BCUT2D eigenvalue weighted by Gasteiger charge is 2.04. The van der Waals surface area contributed by atoms with Crippen LogP contribution in [0.1, 0.15) is 25.0 Å². The quantitative estimate of drug-likeness (QED) is 0.821. The maximum absolute atomic E-state index is 12.1. The van der Waals surface area contributed by atoms with Crippen LogP contribution in [0.4, 0.5) is 5.69 Å². The van der Waals surface area contributed by atoms with Crippen LogP contribution in [0.3, 0.4) is 0 Å². The van der Waals surface area contributed by atoms with Gasteiger partial charge in [-0.05, 0) is 42.7 Å². The van der Waals surface area contributed by atoms with Crippen LogP contribution >= 0.6 is 0 Å². The third-order valence-corrected chi connectivity index (χ3v) is 3.16. The molecule has 0 bridgehead atoms. The van der Waals surface area contributed by atoms with Gasteiger partial charge in [-0.1, -0.05) is 49.4 Å². The summed E-state index contributed by atoms with van der Waals surface area (Å²) >= 11 is 0. The predicted octanol–water partition coefficient (Wildman–Crippen LogP) is 4.29. The Morgan fingerprint density at radius 1 is 1.05 bits per heavy atom. The van der Waals surface area contributed by atoms with Gasteiger partial charge in [0, 0.05) is 11.3 Å². The van der Waals surface area contributed by atoms with Crippen molar-refractivity contribution in [3.05, 3.63) is 71.3 Å². The predicted molar refractivity (Wildman–Crippen MR) is 84.5 cm³/mol. The fourth-order valence-corrected chi connectivity index (χ4v) is 1.92. The molecule has 0 aromatic heterocycles. The third-order valence-electron chi connectivity index (χ3n) is 3.16. The summed E-state index contributed by atoms with van der Waals surface area (Å²) in [5.41, 5.74) is 3.81. The van der Waals surface area contributed by atoms with Crippen molar-refractivity contribution in [2.24, 2.45) is 0 Å². The smallest absolute Gasteiger partial charge is 0.251 e. The van der Waals surface area contributed by atoms with E-state index < -0.39 is 0 Å². The van der Waals surface area contributed by atoms with Gasteiger partial charge in [0.25, 0.3) is 5.91 Å². The van der Waals surface area contributed by atoms with E-state index in [0.29, 0.717) is 5.57 Å². The van der Waals surface area contributed by atoms with Crippen molar-refractivity contribution in [2.75, 3.05) is 5.32 Å². The summed E-state index contributed by atoms with van der Waals surface area (Å²) in [6.45, 7) is 3.93. The summed E-state index contributed by atoms with van der Waals surface area (Å²) in [4.78, 5) is 12.1. The Bertz CT molecular complexity index is 597. The summed E-state index contributed by atoms with van der Waals surface area (Å²) in [6, 6.07) is 17.8. The number of hydrogen-bond acceptors (Lipinski definition) is 1. The van der Waals surface area contributed by atoms with Crippen molar-refractivity contribution in [1.29, 1.82) is 0 Å². The lowest BCUT2D eigenvalue weighted by molar-refractivity contribution is -0.112. The molecule has 2 aromatic rings. The lowest BCUT2D eigenvalue weighted by Gasteiger charge is -2.06. The second-order valence-corrected chi connectivity index (χ2v) is 4.74. The molecule has 1 amide bonds. The van der Waals surface area contributed by atoms with Crippen LogP contribution < -0.4 is 5.32 Å². The number of rotatable bonds is 4. The maximum atomic E-state index is 12.1. The van der Waals surface area contributed by atoms with E-state index in [-0.39, 0.29) is 5.91 Å². The fourth-order valence-electron chi connectivity index (χ4n) is 1.92. The van der Waals surface area contributed by atoms with Gasteiger partial charge in [0.2, 0.25) is 0 Å². The molecule has 102 valence electrons. The highest BCUT2D eigenvalue weighted by molar-refractivity contribution is 6.06. The van der Waals surface area contributed by atoms with Gasteiger partial charge in [-0.3, -0.25) is 4.79 Å². The molecule has 1 N–H and O–H groups in total. The molecule has 0 fully saturated rings. The fraction of sp³-hybridized carbons (Fsp3) is 0.167. The molecule has 0 radical (unpaired) electrons. The molecule has 0 heterocycles. The first-order valence-electron chi connectivity index (χ1n) is 6.82. The number of aryl methyl sites for hydroxylation is 1. The van der Waals surface area contributed by atoms with Crippen molar-refractivity contribution in [3.63, 3.8) is 0 Å². The van der Waals surface area contributed by atoms with Crippen LogP contribution in [0.5, 0.6) is 0 Å². The van der Waals surface area contributed by atoms with Crippen molar-refractivity contribution in [2.45, 2.75) is 20.3 Å². The zero-order valence-corrected chi connectivity index (χ0v) is 11.9. The summed E-state index contributed by atoms with van der Waals surface area (Å²) in [6.07, 6.45) is 2.89. The molecule has 2 aromatic carbocycles. The van der Waals surface area contributed by atoms with E-state index in [1.165, 1.54) is 5.56 Å². The van der Waals surface area contributed by atoms with Crippen LogP contribution in [-0.2, 0) is 11.2 Å². The third kappa shape index (κ3) is 3.82. The lowest BCUT2D eigenvalue weighted by atomic mass is 10.1. The number of amides is 1. The van der Waals surface area contributed by atoms with Crippen molar-refractivity contribution in [3.8, 4) is 0 Å². The van der Waals surface area contributed by atoms with Gasteiger partial charge in [-0.15, -0.1) is 0 Å². The van der Waals surface area contributed by atoms with Crippen molar-refractivity contribution >= 4 is 17.7 Å². The Kier molecular flexibility index (Phi) is 4.72. The molecule has 2 heteroatoms. The van der Waals surface area contributed by atoms with E-state index in [4.69, 9.17) is 0 Å². The van der Waals surface area contributed by atoms with E-state index in [1.54, 1.807) is 0 Å². The Morgan fingerprint density at radius 2 is 1.70 bits per heavy atom. The Balaban J connectivity index is 2.05. The molecular weight excluding hydrogens is 246 g/mol. The number of hydrogen-bond donors (Lipinski definition) is 1. The van der Waals surface area contributed by atoms with Crippen LogP contribution in [0, 0.1) is 0 Å².